The molecule has 1 fully saturated rings. The average molecular weight is 383 g/mol. The first-order valence-electron chi connectivity index (χ1n) is 8.46. The number of amides is 2. The third kappa shape index (κ3) is 3.56. The molecule has 1 aliphatic heterocycles. The van der Waals surface area contributed by atoms with Crippen molar-refractivity contribution in [1.82, 2.24) is 10.3 Å². The number of benzene rings is 1. The minimum atomic E-state index is -0.350. The molecule has 1 aromatic carbocycles. The van der Waals surface area contributed by atoms with Crippen molar-refractivity contribution in [3.05, 3.63) is 59.3 Å². The van der Waals surface area contributed by atoms with Gasteiger partial charge in [0.05, 0.1) is 18.8 Å². The van der Waals surface area contributed by atoms with Gasteiger partial charge in [0.25, 0.3) is 5.91 Å². The fraction of sp³-hybridized carbons (Fsp3) is 0.211. The number of cyclic esters (lactones) is 1. The van der Waals surface area contributed by atoms with Gasteiger partial charge >= 0.3 is 6.09 Å². The van der Waals surface area contributed by atoms with Crippen LogP contribution in [0.2, 0.25) is 0 Å². The molecular weight excluding hydrogens is 366 g/mol. The van der Waals surface area contributed by atoms with Crippen LogP contribution in [-0.4, -0.2) is 30.1 Å². The molecule has 0 aliphatic carbocycles. The molecule has 138 valence electrons. The van der Waals surface area contributed by atoms with E-state index >= 15 is 0 Å². The van der Waals surface area contributed by atoms with E-state index in [0.717, 1.165) is 11.3 Å². The highest BCUT2D eigenvalue weighted by atomic mass is 32.1. The zero-order valence-corrected chi connectivity index (χ0v) is 15.4. The number of aromatic nitrogens is 1. The molecule has 1 saturated heterocycles. The van der Waals surface area contributed by atoms with Crippen molar-refractivity contribution in [3.63, 3.8) is 0 Å². The molecule has 0 spiro atoms. The van der Waals surface area contributed by atoms with Crippen LogP contribution in [-0.2, 0) is 4.74 Å². The Bertz CT molecular complexity index is 967. The highest BCUT2D eigenvalue weighted by molar-refractivity contribution is 7.13. The number of ether oxygens (including phenoxy) is 1. The van der Waals surface area contributed by atoms with Gasteiger partial charge in [-0.2, -0.15) is 0 Å². The van der Waals surface area contributed by atoms with E-state index in [4.69, 9.17) is 9.15 Å². The summed E-state index contributed by atoms with van der Waals surface area (Å²) >= 11 is 1.35. The molecule has 4 rings (SSSR count). The van der Waals surface area contributed by atoms with Gasteiger partial charge in [-0.15, -0.1) is 11.3 Å². The molecule has 8 heteroatoms. The number of carbonyl (C=O) groups excluding carboxylic acids is 2. The van der Waals surface area contributed by atoms with Crippen LogP contribution in [0.5, 0.6) is 0 Å². The van der Waals surface area contributed by atoms with E-state index < -0.39 is 0 Å². The van der Waals surface area contributed by atoms with Gasteiger partial charge in [-0.05, 0) is 36.8 Å². The summed E-state index contributed by atoms with van der Waals surface area (Å²) in [6.07, 6.45) is 1.22. The van der Waals surface area contributed by atoms with Crippen LogP contribution >= 0.6 is 11.3 Å². The van der Waals surface area contributed by atoms with Gasteiger partial charge in [-0.1, -0.05) is 12.1 Å². The van der Waals surface area contributed by atoms with E-state index in [2.05, 4.69) is 10.3 Å². The van der Waals surface area contributed by atoms with Gasteiger partial charge in [0.15, 0.2) is 10.8 Å². The lowest BCUT2D eigenvalue weighted by atomic mass is 10.1. The van der Waals surface area contributed by atoms with Crippen molar-refractivity contribution in [2.45, 2.75) is 13.0 Å². The smallest absolute Gasteiger partial charge is 0.414 e. The summed E-state index contributed by atoms with van der Waals surface area (Å²) in [5.41, 5.74) is 1.99. The fourth-order valence-corrected chi connectivity index (χ4v) is 3.60. The molecule has 1 atom stereocenters. The van der Waals surface area contributed by atoms with Crippen molar-refractivity contribution in [2.75, 3.05) is 18.1 Å². The lowest BCUT2D eigenvalue weighted by Crippen LogP contribution is -2.27. The topological polar surface area (TPSA) is 84.7 Å². The maximum atomic E-state index is 12.5. The summed E-state index contributed by atoms with van der Waals surface area (Å²) < 4.78 is 10.3. The number of nitrogens with zero attached hydrogens (tertiary/aromatic N) is 2. The molecule has 1 unspecified atom stereocenters. The Morgan fingerprint density at radius 1 is 1.33 bits per heavy atom. The Kier molecular flexibility index (Phi) is 4.64. The second kappa shape index (κ2) is 7.24. The fourth-order valence-electron chi connectivity index (χ4n) is 2.84. The molecule has 27 heavy (non-hydrogen) atoms. The standard InChI is InChI=1S/C19H17N3O4S/c1-12(13-4-2-5-14(10-13)22-7-9-26-19(22)24)20-17(23)15-11-27-18(21-15)16-6-3-8-25-16/h2-6,8,10-12H,7,9H2,1H3,(H,20,23). The summed E-state index contributed by atoms with van der Waals surface area (Å²) in [6.45, 7) is 2.80. The van der Waals surface area contributed by atoms with E-state index in [1.807, 2.05) is 31.2 Å². The summed E-state index contributed by atoms with van der Waals surface area (Å²) in [5, 5.41) is 5.30. The van der Waals surface area contributed by atoms with Gasteiger partial charge in [-0.3, -0.25) is 9.69 Å². The van der Waals surface area contributed by atoms with Gasteiger partial charge < -0.3 is 14.5 Å². The summed E-state index contributed by atoms with van der Waals surface area (Å²) in [7, 11) is 0. The van der Waals surface area contributed by atoms with E-state index in [1.165, 1.54) is 11.3 Å². The molecule has 0 radical (unpaired) electrons. The number of anilines is 1. The van der Waals surface area contributed by atoms with Gasteiger partial charge in [0.2, 0.25) is 0 Å². The van der Waals surface area contributed by atoms with E-state index in [-0.39, 0.29) is 18.0 Å². The van der Waals surface area contributed by atoms with Gasteiger partial charge in [0, 0.05) is 11.1 Å². The average Bonchev–Trinajstić information content (AvgIpc) is 3.42. The SMILES string of the molecule is CC(NC(=O)c1csc(-c2ccco2)n1)c1cccc(N2CCOC2=O)c1. The number of rotatable bonds is 5. The lowest BCUT2D eigenvalue weighted by Gasteiger charge is -2.17. The third-order valence-corrected chi connectivity index (χ3v) is 5.12. The number of nitrogens with one attached hydrogen (secondary N) is 1. The molecule has 3 aromatic rings. The van der Waals surface area contributed by atoms with Crippen molar-refractivity contribution in [1.29, 1.82) is 0 Å². The van der Waals surface area contributed by atoms with Crippen LogP contribution in [0.1, 0.15) is 29.0 Å². The van der Waals surface area contributed by atoms with Crippen LogP contribution in [0.15, 0.2) is 52.5 Å². The minimum absolute atomic E-state index is 0.246. The quantitative estimate of drug-likeness (QED) is 0.723. The number of furan rings is 1. The van der Waals surface area contributed by atoms with Crippen LogP contribution in [0, 0.1) is 0 Å². The van der Waals surface area contributed by atoms with Crippen LogP contribution in [0.4, 0.5) is 10.5 Å². The molecule has 0 bridgehead atoms. The molecule has 0 saturated carbocycles. The molecule has 3 heterocycles. The van der Waals surface area contributed by atoms with Crippen LogP contribution < -0.4 is 10.2 Å². The zero-order chi connectivity index (χ0) is 18.8. The zero-order valence-electron chi connectivity index (χ0n) is 14.5. The highest BCUT2D eigenvalue weighted by Crippen LogP contribution is 2.25. The Morgan fingerprint density at radius 3 is 2.96 bits per heavy atom. The first-order chi connectivity index (χ1) is 13.1. The van der Waals surface area contributed by atoms with Crippen LogP contribution in [0.3, 0.4) is 0 Å². The minimum Gasteiger partial charge on any atom is -0.462 e. The Balaban J connectivity index is 1.46. The Hall–Kier alpha value is -3.13. The molecule has 1 aliphatic rings. The lowest BCUT2D eigenvalue weighted by molar-refractivity contribution is 0.0935. The summed E-state index contributed by atoms with van der Waals surface area (Å²) in [6, 6.07) is 10.8. The predicted octanol–water partition coefficient (Wildman–Crippen LogP) is 3.85. The Morgan fingerprint density at radius 2 is 2.22 bits per heavy atom. The van der Waals surface area contributed by atoms with Crippen molar-refractivity contribution >= 4 is 29.0 Å². The molecule has 7 nitrogen and oxygen atoms in total. The maximum Gasteiger partial charge on any atom is 0.414 e. The number of carbonyl (C=O) groups is 2. The predicted molar refractivity (Wildman–Crippen MR) is 101 cm³/mol. The molecular formula is C19H17N3O4S. The first kappa shape index (κ1) is 17.3. The number of hydrogen-bond donors (Lipinski definition) is 1. The molecule has 2 amide bonds. The molecule has 1 N–H and O–H groups in total. The first-order valence-corrected chi connectivity index (χ1v) is 9.34. The van der Waals surface area contributed by atoms with Crippen molar-refractivity contribution in [3.8, 4) is 10.8 Å². The van der Waals surface area contributed by atoms with E-state index in [1.54, 1.807) is 28.7 Å². The normalized spacial score (nSPS) is 14.9. The third-order valence-electron chi connectivity index (χ3n) is 4.26. The summed E-state index contributed by atoms with van der Waals surface area (Å²) in [5.74, 6) is 0.375. The van der Waals surface area contributed by atoms with Crippen molar-refractivity contribution in [2.24, 2.45) is 0 Å². The maximum absolute atomic E-state index is 12.5. The van der Waals surface area contributed by atoms with E-state index in [9.17, 15) is 9.59 Å². The second-order valence-electron chi connectivity index (χ2n) is 6.07. The number of thiazole rings is 1. The Labute approximate surface area is 159 Å². The number of hydrogen-bond acceptors (Lipinski definition) is 6. The van der Waals surface area contributed by atoms with Crippen molar-refractivity contribution < 1.29 is 18.7 Å². The second-order valence-corrected chi connectivity index (χ2v) is 6.93. The van der Waals surface area contributed by atoms with E-state index in [0.29, 0.717) is 29.6 Å². The molecule has 2 aromatic heterocycles. The monoisotopic (exact) mass is 383 g/mol. The van der Waals surface area contributed by atoms with Crippen LogP contribution in [0.25, 0.3) is 10.8 Å². The summed E-state index contributed by atoms with van der Waals surface area (Å²) in [4.78, 5) is 30.2. The van der Waals surface area contributed by atoms with Gasteiger partial charge in [0.1, 0.15) is 12.3 Å². The largest absolute Gasteiger partial charge is 0.462 e. The van der Waals surface area contributed by atoms with Gasteiger partial charge in [-0.25, -0.2) is 9.78 Å². The highest BCUT2D eigenvalue weighted by Gasteiger charge is 2.24.